The van der Waals surface area contributed by atoms with E-state index in [1.165, 1.54) is 24.0 Å². The van der Waals surface area contributed by atoms with Gasteiger partial charge in [-0.25, -0.2) is 4.98 Å². The lowest BCUT2D eigenvalue weighted by Gasteiger charge is -2.07. The van der Waals surface area contributed by atoms with E-state index in [2.05, 4.69) is 43.5 Å². The van der Waals surface area contributed by atoms with Crippen molar-refractivity contribution in [2.75, 3.05) is 5.73 Å². The van der Waals surface area contributed by atoms with Gasteiger partial charge in [0, 0.05) is 18.0 Å². The lowest BCUT2D eigenvalue weighted by atomic mass is 10.1. The standard InChI is InChI=1S/C17H23N3/c1-4-5-15-19-16(17(18)20(15)14-6-7-14)13-9-11(2)8-12(3)10-13/h8-10,14H,4-7,18H2,1-3H3. The number of imidazole rings is 1. The molecule has 3 heteroatoms. The van der Waals surface area contributed by atoms with Crippen LogP contribution in [0.4, 0.5) is 5.82 Å². The zero-order valence-electron chi connectivity index (χ0n) is 12.6. The number of nitrogens with two attached hydrogens (primary N) is 1. The van der Waals surface area contributed by atoms with Crippen molar-refractivity contribution in [1.29, 1.82) is 0 Å². The Hall–Kier alpha value is -1.77. The van der Waals surface area contributed by atoms with Crippen molar-refractivity contribution in [2.45, 2.75) is 52.5 Å². The first-order valence-corrected chi connectivity index (χ1v) is 7.55. The number of benzene rings is 1. The number of aryl methyl sites for hydroxylation is 3. The van der Waals surface area contributed by atoms with Crippen molar-refractivity contribution in [2.24, 2.45) is 0 Å². The van der Waals surface area contributed by atoms with Gasteiger partial charge in [-0.3, -0.25) is 0 Å². The average molecular weight is 269 g/mol. The fourth-order valence-corrected chi connectivity index (χ4v) is 2.96. The van der Waals surface area contributed by atoms with Crippen LogP contribution < -0.4 is 5.73 Å². The molecule has 1 aliphatic carbocycles. The van der Waals surface area contributed by atoms with Crippen LogP contribution >= 0.6 is 0 Å². The maximum absolute atomic E-state index is 6.41. The molecule has 3 nitrogen and oxygen atoms in total. The molecule has 0 unspecified atom stereocenters. The summed E-state index contributed by atoms with van der Waals surface area (Å²) in [5, 5.41) is 0. The van der Waals surface area contributed by atoms with Gasteiger partial charge in [0.25, 0.3) is 0 Å². The minimum absolute atomic E-state index is 0.587. The molecule has 1 fully saturated rings. The van der Waals surface area contributed by atoms with Gasteiger partial charge >= 0.3 is 0 Å². The van der Waals surface area contributed by atoms with Gasteiger partial charge in [0.1, 0.15) is 17.3 Å². The molecule has 1 heterocycles. The first-order chi connectivity index (χ1) is 9.60. The summed E-state index contributed by atoms with van der Waals surface area (Å²) in [6.07, 6.45) is 4.59. The zero-order chi connectivity index (χ0) is 14.3. The van der Waals surface area contributed by atoms with Gasteiger partial charge in [-0.1, -0.05) is 24.1 Å². The van der Waals surface area contributed by atoms with E-state index >= 15 is 0 Å². The van der Waals surface area contributed by atoms with E-state index in [1.807, 2.05) is 0 Å². The molecule has 1 saturated carbocycles. The molecule has 0 saturated heterocycles. The van der Waals surface area contributed by atoms with Gasteiger partial charge in [0.2, 0.25) is 0 Å². The molecule has 0 amide bonds. The Kier molecular flexibility index (Phi) is 3.28. The second-order valence-corrected chi connectivity index (χ2v) is 5.99. The molecular weight excluding hydrogens is 246 g/mol. The molecule has 0 radical (unpaired) electrons. The maximum atomic E-state index is 6.41. The summed E-state index contributed by atoms with van der Waals surface area (Å²) in [5.74, 6) is 2.00. The molecule has 2 N–H and O–H groups in total. The Labute approximate surface area is 120 Å². The quantitative estimate of drug-likeness (QED) is 0.910. The summed E-state index contributed by atoms with van der Waals surface area (Å²) in [6.45, 7) is 6.44. The molecule has 0 bridgehead atoms. The normalized spacial score (nSPS) is 14.8. The molecule has 0 aliphatic heterocycles. The highest BCUT2D eigenvalue weighted by Crippen LogP contribution is 2.41. The van der Waals surface area contributed by atoms with E-state index in [0.717, 1.165) is 35.7 Å². The van der Waals surface area contributed by atoms with Crippen molar-refractivity contribution in [3.63, 3.8) is 0 Å². The number of aromatic nitrogens is 2. The summed E-state index contributed by atoms with van der Waals surface area (Å²) >= 11 is 0. The largest absolute Gasteiger partial charge is 0.383 e. The van der Waals surface area contributed by atoms with Crippen LogP contribution in [-0.4, -0.2) is 9.55 Å². The van der Waals surface area contributed by atoms with Crippen LogP contribution in [0.2, 0.25) is 0 Å². The number of hydrogen-bond acceptors (Lipinski definition) is 2. The first kappa shape index (κ1) is 13.2. The Balaban J connectivity index is 2.11. The summed E-state index contributed by atoms with van der Waals surface area (Å²) < 4.78 is 2.27. The van der Waals surface area contributed by atoms with Crippen LogP contribution in [-0.2, 0) is 6.42 Å². The van der Waals surface area contributed by atoms with Crippen LogP contribution in [0.5, 0.6) is 0 Å². The fourth-order valence-electron chi connectivity index (χ4n) is 2.96. The zero-order valence-corrected chi connectivity index (χ0v) is 12.6. The summed E-state index contributed by atoms with van der Waals surface area (Å²) in [4.78, 5) is 4.85. The molecule has 0 spiro atoms. The van der Waals surface area contributed by atoms with Crippen molar-refractivity contribution in [3.8, 4) is 11.3 Å². The number of rotatable bonds is 4. The van der Waals surface area contributed by atoms with Crippen LogP contribution in [0.25, 0.3) is 11.3 Å². The van der Waals surface area contributed by atoms with Gasteiger partial charge in [0.15, 0.2) is 0 Å². The lowest BCUT2D eigenvalue weighted by molar-refractivity contribution is 0.676. The fraction of sp³-hybridized carbons (Fsp3) is 0.471. The minimum atomic E-state index is 0.587. The van der Waals surface area contributed by atoms with Gasteiger partial charge in [-0.05, 0) is 45.2 Å². The molecule has 20 heavy (non-hydrogen) atoms. The second-order valence-electron chi connectivity index (χ2n) is 5.99. The molecule has 2 aromatic rings. The highest BCUT2D eigenvalue weighted by molar-refractivity contribution is 5.72. The third-order valence-electron chi connectivity index (χ3n) is 3.90. The molecule has 0 atom stereocenters. The van der Waals surface area contributed by atoms with E-state index in [4.69, 9.17) is 10.7 Å². The van der Waals surface area contributed by atoms with E-state index in [9.17, 15) is 0 Å². The first-order valence-electron chi connectivity index (χ1n) is 7.55. The van der Waals surface area contributed by atoms with Crippen LogP contribution in [0, 0.1) is 13.8 Å². The topological polar surface area (TPSA) is 43.8 Å². The lowest BCUT2D eigenvalue weighted by Crippen LogP contribution is -2.05. The number of nitrogen functional groups attached to an aromatic ring is 1. The Bertz CT molecular complexity index is 616. The van der Waals surface area contributed by atoms with E-state index in [1.54, 1.807) is 0 Å². The molecule has 1 aromatic carbocycles. The highest BCUT2D eigenvalue weighted by atomic mass is 15.2. The average Bonchev–Trinajstić information content (AvgIpc) is 3.14. The number of nitrogens with zero attached hydrogens (tertiary/aromatic N) is 2. The van der Waals surface area contributed by atoms with Crippen LogP contribution in [0.1, 0.15) is 49.2 Å². The molecular formula is C17H23N3. The summed E-state index contributed by atoms with van der Waals surface area (Å²) in [7, 11) is 0. The van der Waals surface area contributed by atoms with Crippen molar-refractivity contribution >= 4 is 5.82 Å². The molecule has 106 valence electrons. The molecule has 3 rings (SSSR count). The predicted molar refractivity (Wildman–Crippen MR) is 83.8 cm³/mol. The predicted octanol–water partition coefficient (Wildman–Crippen LogP) is 4.04. The van der Waals surface area contributed by atoms with Gasteiger partial charge < -0.3 is 10.3 Å². The van der Waals surface area contributed by atoms with Crippen LogP contribution in [0.3, 0.4) is 0 Å². The van der Waals surface area contributed by atoms with Crippen molar-refractivity contribution < 1.29 is 0 Å². The Morgan fingerprint density at radius 3 is 2.40 bits per heavy atom. The summed E-state index contributed by atoms with van der Waals surface area (Å²) in [6, 6.07) is 7.13. The third kappa shape index (κ3) is 2.33. The monoisotopic (exact) mass is 269 g/mol. The molecule has 1 aromatic heterocycles. The SMILES string of the molecule is CCCc1nc(-c2cc(C)cc(C)c2)c(N)n1C1CC1. The minimum Gasteiger partial charge on any atom is -0.383 e. The maximum Gasteiger partial charge on any atom is 0.131 e. The van der Waals surface area contributed by atoms with E-state index < -0.39 is 0 Å². The van der Waals surface area contributed by atoms with E-state index in [0.29, 0.717) is 6.04 Å². The van der Waals surface area contributed by atoms with E-state index in [-0.39, 0.29) is 0 Å². The second kappa shape index (κ2) is 4.97. The van der Waals surface area contributed by atoms with Crippen molar-refractivity contribution in [1.82, 2.24) is 9.55 Å². The number of hydrogen-bond donors (Lipinski definition) is 1. The number of anilines is 1. The van der Waals surface area contributed by atoms with Gasteiger partial charge in [0.05, 0.1) is 0 Å². The Morgan fingerprint density at radius 2 is 1.85 bits per heavy atom. The summed E-state index contributed by atoms with van der Waals surface area (Å²) in [5.41, 5.74) is 11.0. The van der Waals surface area contributed by atoms with Gasteiger partial charge in [-0.15, -0.1) is 0 Å². The molecule has 1 aliphatic rings. The third-order valence-corrected chi connectivity index (χ3v) is 3.90. The van der Waals surface area contributed by atoms with Crippen molar-refractivity contribution in [3.05, 3.63) is 35.2 Å². The van der Waals surface area contributed by atoms with Crippen LogP contribution in [0.15, 0.2) is 18.2 Å². The Morgan fingerprint density at radius 1 is 1.20 bits per heavy atom. The van der Waals surface area contributed by atoms with Gasteiger partial charge in [-0.2, -0.15) is 0 Å². The smallest absolute Gasteiger partial charge is 0.131 e. The highest BCUT2D eigenvalue weighted by Gasteiger charge is 2.29.